The summed E-state index contributed by atoms with van der Waals surface area (Å²) >= 11 is 6.04. The number of carbonyl (C=O) groups is 2. The second-order valence-electron chi connectivity index (χ2n) is 7.32. The van der Waals surface area contributed by atoms with Crippen LogP contribution in [0.4, 0.5) is 5.69 Å². The van der Waals surface area contributed by atoms with Gasteiger partial charge in [-0.05, 0) is 48.4 Å². The minimum absolute atomic E-state index is 0.176. The first kappa shape index (κ1) is 17.4. The Labute approximate surface area is 167 Å². The number of fused-ring (bicyclic) bond motifs is 3. The zero-order valence-corrected chi connectivity index (χ0v) is 15.7. The van der Waals surface area contributed by atoms with Crippen molar-refractivity contribution in [3.63, 3.8) is 0 Å². The van der Waals surface area contributed by atoms with E-state index in [9.17, 15) is 9.59 Å². The Hall–Kier alpha value is -2.72. The van der Waals surface area contributed by atoms with Gasteiger partial charge < -0.3 is 0 Å². The molecule has 0 saturated carbocycles. The summed E-state index contributed by atoms with van der Waals surface area (Å²) < 4.78 is 0. The molecule has 0 spiro atoms. The number of rotatable bonds is 2. The number of nitrogens with zero attached hydrogens (tertiary/aromatic N) is 4. The van der Waals surface area contributed by atoms with Gasteiger partial charge in [0.2, 0.25) is 5.91 Å². The van der Waals surface area contributed by atoms with E-state index in [0.29, 0.717) is 16.3 Å². The number of hydrogen-bond acceptors (Lipinski definition) is 5. The normalized spacial score (nSPS) is 27.1. The maximum Gasteiger partial charge on any atom is 0.253 e. The molecule has 3 heterocycles. The fourth-order valence-electron chi connectivity index (χ4n) is 4.71. The van der Waals surface area contributed by atoms with E-state index in [2.05, 4.69) is 16.1 Å². The number of imide groups is 1. The molecule has 140 valence electrons. The van der Waals surface area contributed by atoms with E-state index in [-0.39, 0.29) is 17.9 Å². The maximum absolute atomic E-state index is 13.4. The van der Waals surface area contributed by atoms with Crippen molar-refractivity contribution in [2.45, 2.75) is 18.5 Å². The van der Waals surface area contributed by atoms with Crippen LogP contribution < -0.4 is 4.90 Å². The molecule has 6 nitrogen and oxygen atoms in total. The Morgan fingerprint density at radius 1 is 0.893 bits per heavy atom. The van der Waals surface area contributed by atoms with E-state index in [1.165, 1.54) is 4.90 Å². The van der Waals surface area contributed by atoms with Gasteiger partial charge in [-0.1, -0.05) is 23.7 Å². The molecule has 0 aromatic heterocycles. The van der Waals surface area contributed by atoms with E-state index in [0.717, 1.165) is 25.1 Å². The van der Waals surface area contributed by atoms with Crippen LogP contribution in [0.3, 0.4) is 0 Å². The van der Waals surface area contributed by atoms with Gasteiger partial charge in [0.1, 0.15) is 6.04 Å². The van der Waals surface area contributed by atoms with Crippen LogP contribution >= 0.6 is 11.6 Å². The number of halogens is 1. The van der Waals surface area contributed by atoms with Crippen LogP contribution in [0.15, 0.2) is 48.5 Å². The third-order valence-electron chi connectivity index (χ3n) is 5.87. The largest absolute Gasteiger partial charge is 0.274 e. The van der Waals surface area contributed by atoms with Gasteiger partial charge in [-0.2, -0.15) is 5.26 Å². The minimum atomic E-state index is -0.480. The standard InChI is InChI=1S/C21H17ClN4O2/c22-15-6-4-14(5-7-15)18-17-19(25-11-1-10-24(18)25)21(28)26(20(17)27)16-8-2-13(12-23)3-9-16/h2-9,17-19H,1,10-11H2/t17-,18+,19+/m1/s1. The SMILES string of the molecule is N#Cc1ccc(N2C(=O)[C@H]3[C@@H](C2=O)N2CCCN2[C@H]3c2ccc(Cl)cc2)cc1. The number of benzene rings is 2. The average Bonchev–Trinajstić information content (AvgIpc) is 3.35. The summed E-state index contributed by atoms with van der Waals surface area (Å²) in [5.41, 5.74) is 2.00. The van der Waals surface area contributed by atoms with Crippen LogP contribution in [0.1, 0.15) is 23.6 Å². The number of amides is 2. The Bertz CT molecular complexity index is 999. The van der Waals surface area contributed by atoms with Gasteiger partial charge in [0.25, 0.3) is 5.91 Å². The summed E-state index contributed by atoms with van der Waals surface area (Å²) in [6, 6.07) is 15.5. The van der Waals surface area contributed by atoms with Crippen molar-refractivity contribution in [2.24, 2.45) is 5.92 Å². The second-order valence-corrected chi connectivity index (χ2v) is 7.75. The van der Waals surface area contributed by atoms with Crippen LogP contribution in [-0.2, 0) is 9.59 Å². The third-order valence-corrected chi connectivity index (χ3v) is 6.12. The van der Waals surface area contributed by atoms with Gasteiger partial charge in [0, 0.05) is 18.1 Å². The Morgan fingerprint density at radius 2 is 1.54 bits per heavy atom. The molecule has 2 amide bonds. The van der Waals surface area contributed by atoms with Crippen molar-refractivity contribution >= 4 is 29.1 Å². The third kappa shape index (κ3) is 2.41. The molecular formula is C21H17ClN4O2. The number of nitriles is 1. The molecule has 2 aromatic carbocycles. The highest BCUT2D eigenvalue weighted by Gasteiger charge is 2.62. The van der Waals surface area contributed by atoms with Crippen LogP contribution in [0.5, 0.6) is 0 Å². The summed E-state index contributed by atoms with van der Waals surface area (Å²) in [4.78, 5) is 28.0. The lowest BCUT2D eigenvalue weighted by Gasteiger charge is -2.29. The second kappa shape index (κ2) is 6.42. The molecule has 2 aromatic rings. The highest BCUT2D eigenvalue weighted by molar-refractivity contribution is 6.30. The highest BCUT2D eigenvalue weighted by atomic mass is 35.5. The van der Waals surface area contributed by atoms with E-state index in [1.54, 1.807) is 24.3 Å². The van der Waals surface area contributed by atoms with Crippen molar-refractivity contribution in [3.8, 4) is 6.07 Å². The van der Waals surface area contributed by atoms with Gasteiger partial charge in [-0.15, -0.1) is 0 Å². The van der Waals surface area contributed by atoms with Gasteiger partial charge in [-0.3, -0.25) is 9.59 Å². The summed E-state index contributed by atoms with van der Waals surface area (Å²) in [5.74, 6) is -0.832. The molecule has 3 saturated heterocycles. The molecule has 3 atom stereocenters. The zero-order chi connectivity index (χ0) is 19.4. The first-order chi connectivity index (χ1) is 13.6. The molecule has 28 heavy (non-hydrogen) atoms. The topological polar surface area (TPSA) is 67.6 Å². The molecule has 3 fully saturated rings. The number of hydrazine groups is 1. The molecule has 0 bridgehead atoms. The van der Waals surface area contributed by atoms with Crippen LogP contribution in [0.2, 0.25) is 5.02 Å². The van der Waals surface area contributed by atoms with E-state index >= 15 is 0 Å². The maximum atomic E-state index is 13.4. The van der Waals surface area contributed by atoms with Gasteiger partial charge in [0.15, 0.2) is 0 Å². The zero-order valence-electron chi connectivity index (χ0n) is 15.0. The Kier molecular flexibility index (Phi) is 3.98. The van der Waals surface area contributed by atoms with Crippen molar-refractivity contribution in [2.75, 3.05) is 18.0 Å². The quantitative estimate of drug-likeness (QED) is 0.735. The van der Waals surface area contributed by atoms with Crippen LogP contribution in [-0.4, -0.2) is 41.0 Å². The fourth-order valence-corrected chi connectivity index (χ4v) is 4.84. The lowest BCUT2D eigenvalue weighted by Crippen LogP contribution is -2.44. The van der Waals surface area contributed by atoms with E-state index < -0.39 is 12.0 Å². The van der Waals surface area contributed by atoms with Crippen LogP contribution in [0, 0.1) is 17.2 Å². The fraction of sp³-hybridized carbons (Fsp3) is 0.286. The van der Waals surface area contributed by atoms with Gasteiger partial charge in [0.05, 0.1) is 29.3 Å². The first-order valence-corrected chi connectivity index (χ1v) is 9.64. The first-order valence-electron chi connectivity index (χ1n) is 9.27. The summed E-state index contributed by atoms with van der Waals surface area (Å²) in [6.07, 6.45) is 0.964. The summed E-state index contributed by atoms with van der Waals surface area (Å²) in [7, 11) is 0. The number of carbonyl (C=O) groups excluding carboxylic acids is 2. The molecule has 0 unspecified atom stereocenters. The van der Waals surface area contributed by atoms with Gasteiger partial charge >= 0.3 is 0 Å². The molecule has 0 aliphatic carbocycles. The monoisotopic (exact) mass is 392 g/mol. The molecule has 0 N–H and O–H groups in total. The molecule has 3 aliphatic rings. The van der Waals surface area contributed by atoms with Crippen molar-refractivity contribution < 1.29 is 9.59 Å². The van der Waals surface area contributed by atoms with E-state index in [1.807, 2.05) is 24.3 Å². The van der Waals surface area contributed by atoms with Crippen molar-refractivity contribution in [1.82, 2.24) is 10.0 Å². The lowest BCUT2D eigenvalue weighted by molar-refractivity contribution is -0.126. The molecule has 0 radical (unpaired) electrons. The predicted octanol–water partition coefficient (Wildman–Crippen LogP) is 2.75. The van der Waals surface area contributed by atoms with Crippen LogP contribution in [0.25, 0.3) is 0 Å². The molecular weight excluding hydrogens is 376 g/mol. The number of anilines is 1. The molecule has 3 aliphatic heterocycles. The Morgan fingerprint density at radius 3 is 2.18 bits per heavy atom. The molecule has 5 rings (SSSR count). The lowest BCUT2D eigenvalue weighted by atomic mass is 9.90. The van der Waals surface area contributed by atoms with E-state index in [4.69, 9.17) is 16.9 Å². The summed E-state index contributed by atoms with van der Waals surface area (Å²) in [5, 5.41) is 13.9. The number of hydrogen-bond donors (Lipinski definition) is 0. The predicted molar refractivity (Wildman–Crippen MR) is 103 cm³/mol. The smallest absolute Gasteiger partial charge is 0.253 e. The Balaban J connectivity index is 1.56. The van der Waals surface area contributed by atoms with Crippen molar-refractivity contribution in [1.29, 1.82) is 5.26 Å². The van der Waals surface area contributed by atoms with Gasteiger partial charge in [-0.25, -0.2) is 14.9 Å². The highest BCUT2D eigenvalue weighted by Crippen LogP contribution is 2.48. The molecule has 7 heteroatoms. The average molecular weight is 393 g/mol. The minimum Gasteiger partial charge on any atom is -0.274 e. The van der Waals surface area contributed by atoms with Crippen molar-refractivity contribution in [3.05, 3.63) is 64.7 Å². The summed E-state index contributed by atoms with van der Waals surface area (Å²) in [6.45, 7) is 1.60.